The molecule has 0 aliphatic rings. The Morgan fingerprint density at radius 3 is 2.78 bits per heavy atom. The van der Waals surface area contributed by atoms with Crippen LogP contribution in [0.25, 0.3) is 0 Å². The molecular weight excluding hydrogens is 230 g/mol. The fourth-order valence-electron chi connectivity index (χ4n) is 1.86. The minimum Gasteiger partial charge on any atom is -0.465 e. The van der Waals surface area contributed by atoms with Gasteiger partial charge in [0, 0.05) is 5.54 Å². The van der Waals surface area contributed by atoms with E-state index in [2.05, 4.69) is 35.8 Å². The molecule has 0 aliphatic carbocycles. The Balaban J connectivity index is 2.95. The zero-order valence-corrected chi connectivity index (χ0v) is 11.4. The highest BCUT2D eigenvalue weighted by molar-refractivity contribution is 5.95. The van der Waals surface area contributed by atoms with E-state index >= 15 is 0 Å². The SMILES string of the molecule is CCCC(C)(C)Nc1cc(C(=O)OC)c(N)cn1. The number of esters is 1. The lowest BCUT2D eigenvalue weighted by Crippen LogP contribution is -2.31. The number of hydrogen-bond acceptors (Lipinski definition) is 5. The van der Waals surface area contributed by atoms with Crippen molar-refractivity contribution in [3.8, 4) is 0 Å². The first kappa shape index (κ1) is 14.3. The standard InChI is InChI=1S/C13H21N3O2/c1-5-6-13(2,3)16-11-7-9(12(17)18-4)10(14)8-15-11/h7-8H,5-6,14H2,1-4H3,(H,15,16). The number of nitrogens with two attached hydrogens (primary N) is 1. The third-order valence-corrected chi connectivity index (χ3v) is 2.68. The molecule has 1 aromatic rings. The highest BCUT2D eigenvalue weighted by atomic mass is 16.5. The molecule has 1 aromatic heterocycles. The van der Waals surface area contributed by atoms with Crippen molar-refractivity contribution in [3.63, 3.8) is 0 Å². The summed E-state index contributed by atoms with van der Waals surface area (Å²) in [5.41, 5.74) is 6.27. The Morgan fingerprint density at radius 1 is 1.56 bits per heavy atom. The molecule has 1 heterocycles. The summed E-state index contributed by atoms with van der Waals surface area (Å²) in [4.78, 5) is 15.7. The quantitative estimate of drug-likeness (QED) is 0.786. The van der Waals surface area contributed by atoms with E-state index in [9.17, 15) is 4.79 Å². The van der Waals surface area contributed by atoms with Crippen molar-refractivity contribution in [3.05, 3.63) is 17.8 Å². The van der Waals surface area contributed by atoms with Gasteiger partial charge in [-0.15, -0.1) is 0 Å². The van der Waals surface area contributed by atoms with Crippen LogP contribution >= 0.6 is 0 Å². The second kappa shape index (κ2) is 5.71. The van der Waals surface area contributed by atoms with Gasteiger partial charge >= 0.3 is 5.97 Å². The van der Waals surface area contributed by atoms with Gasteiger partial charge in [0.25, 0.3) is 0 Å². The molecule has 100 valence electrons. The number of nitrogens with zero attached hydrogens (tertiary/aromatic N) is 1. The van der Waals surface area contributed by atoms with Crippen LogP contribution in [0.5, 0.6) is 0 Å². The van der Waals surface area contributed by atoms with Crippen LogP contribution in [0.1, 0.15) is 44.0 Å². The van der Waals surface area contributed by atoms with Crippen molar-refractivity contribution < 1.29 is 9.53 Å². The number of ether oxygens (including phenoxy) is 1. The summed E-state index contributed by atoms with van der Waals surface area (Å²) in [6.07, 6.45) is 3.54. The number of methoxy groups -OCH3 is 1. The predicted molar refractivity (Wildman–Crippen MR) is 72.6 cm³/mol. The van der Waals surface area contributed by atoms with Crippen molar-refractivity contribution in [2.75, 3.05) is 18.2 Å². The van der Waals surface area contributed by atoms with Crippen LogP contribution in [0.15, 0.2) is 12.3 Å². The number of hydrogen-bond donors (Lipinski definition) is 2. The molecule has 0 fully saturated rings. The summed E-state index contributed by atoms with van der Waals surface area (Å²) in [5.74, 6) is 0.175. The second-order valence-electron chi connectivity index (χ2n) is 4.91. The van der Waals surface area contributed by atoms with Gasteiger partial charge < -0.3 is 15.8 Å². The van der Waals surface area contributed by atoms with Crippen LogP contribution in [0.3, 0.4) is 0 Å². The molecule has 0 saturated heterocycles. The van der Waals surface area contributed by atoms with Crippen molar-refractivity contribution in [2.24, 2.45) is 0 Å². The monoisotopic (exact) mass is 251 g/mol. The molecule has 0 atom stereocenters. The number of anilines is 2. The highest BCUT2D eigenvalue weighted by Gasteiger charge is 2.18. The number of aromatic nitrogens is 1. The first-order chi connectivity index (χ1) is 8.39. The van der Waals surface area contributed by atoms with E-state index in [0.29, 0.717) is 17.1 Å². The van der Waals surface area contributed by atoms with Crippen LogP contribution in [0, 0.1) is 0 Å². The molecule has 0 unspecified atom stereocenters. The lowest BCUT2D eigenvalue weighted by molar-refractivity contribution is 0.0602. The number of nitrogen functional groups attached to an aromatic ring is 1. The van der Waals surface area contributed by atoms with Gasteiger partial charge in [0.2, 0.25) is 0 Å². The third kappa shape index (κ3) is 3.61. The van der Waals surface area contributed by atoms with Crippen LogP contribution in [-0.2, 0) is 4.74 Å². The predicted octanol–water partition coefficient (Wildman–Crippen LogP) is 2.44. The zero-order chi connectivity index (χ0) is 13.8. The van der Waals surface area contributed by atoms with Gasteiger partial charge in [-0.3, -0.25) is 0 Å². The lowest BCUT2D eigenvalue weighted by atomic mass is 9.99. The molecule has 18 heavy (non-hydrogen) atoms. The van der Waals surface area contributed by atoms with Gasteiger partial charge in [-0.25, -0.2) is 9.78 Å². The number of pyridine rings is 1. The summed E-state index contributed by atoms with van der Waals surface area (Å²) in [6, 6.07) is 1.62. The number of carbonyl (C=O) groups is 1. The fourth-order valence-corrected chi connectivity index (χ4v) is 1.86. The van der Waals surface area contributed by atoms with Crippen molar-refractivity contribution in [1.29, 1.82) is 0 Å². The van der Waals surface area contributed by atoms with Gasteiger partial charge in [-0.05, 0) is 26.3 Å². The molecule has 1 rings (SSSR count). The average molecular weight is 251 g/mol. The smallest absolute Gasteiger partial charge is 0.340 e. The van der Waals surface area contributed by atoms with E-state index in [1.165, 1.54) is 13.3 Å². The van der Waals surface area contributed by atoms with Gasteiger partial charge in [-0.1, -0.05) is 13.3 Å². The van der Waals surface area contributed by atoms with Gasteiger partial charge in [-0.2, -0.15) is 0 Å². The Bertz CT molecular complexity index is 430. The van der Waals surface area contributed by atoms with Gasteiger partial charge in [0.05, 0.1) is 24.6 Å². The van der Waals surface area contributed by atoms with Crippen LogP contribution in [0.2, 0.25) is 0 Å². The first-order valence-electron chi connectivity index (χ1n) is 6.01. The molecular formula is C13H21N3O2. The maximum absolute atomic E-state index is 11.5. The second-order valence-corrected chi connectivity index (χ2v) is 4.91. The Labute approximate surface area is 108 Å². The van der Waals surface area contributed by atoms with E-state index in [4.69, 9.17) is 5.73 Å². The molecule has 0 spiro atoms. The average Bonchev–Trinajstić information content (AvgIpc) is 2.30. The molecule has 3 N–H and O–H groups in total. The summed E-state index contributed by atoms with van der Waals surface area (Å²) in [5, 5.41) is 3.29. The van der Waals surface area contributed by atoms with Crippen molar-refractivity contribution in [2.45, 2.75) is 39.2 Å². The molecule has 5 heteroatoms. The number of rotatable bonds is 5. The molecule has 0 bridgehead atoms. The normalized spacial score (nSPS) is 11.1. The van der Waals surface area contributed by atoms with Crippen LogP contribution < -0.4 is 11.1 Å². The van der Waals surface area contributed by atoms with E-state index in [1.54, 1.807) is 6.07 Å². The van der Waals surface area contributed by atoms with Crippen LogP contribution in [0.4, 0.5) is 11.5 Å². The third-order valence-electron chi connectivity index (χ3n) is 2.68. The fraction of sp³-hybridized carbons (Fsp3) is 0.538. The van der Waals surface area contributed by atoms with Crippen molar-refractivity contribution in [1.82, 2.24) is 4.98 Å². The molecule has 0 saturated carbocycles. The first-order valence-corrected chi connectivity index (χ1v) is 6.01. The largest absolute Gasteiger partial charge is 0.465 e. The Morgan fingerprint density at radius 2 is 2.22 bits per heavy atom. The minimum atomic E-state index is -0.453. The number of nitrogens with one attached hydrogen (secondary N) is 1. The van der Waals surface area contributed by atoms with Crippen molar-refractivity contribution >= 4 is 17.5 Å². The Hall–Kier alpha value is -1.78. The molecule has 0 amide bonds. The maximum atomic E-state index is 11.5. The zero-order valence-electron chi connectivity index (χ0n) is 11.4. The summed E-state index contributed by atoms with van der Waals surface area (Å²) in [7, 11) is 1.33. The highest BCUT2D eigenvalue weighted by Crippen LogP contribution is 2.21. The number of carbonyl (C=O) groups excluding carboxylic acids is 1. The van der Waals surface area contributed by atoms with E-state index in [-0.39, 0.29) is 5.54 Å². The van der Waals surface area contributed by atoms with Crippen LogP contribution in [-0.4, -0.2) is 23.6 Å². The van der Waals surface area contributed by atoms with E-state index < -0.39 is 5.97 Å². The lowest BCUT2D eigenvalue weighted by Gasteiger charge is -2.26. The molecule has 5 nitrogen and oxygen atoms in total. The Kier molecular flexibility index (Phi) is 4.53. The summed E-state index contributed by atoms with van der Waals surface area (Å²) >= 11 is 0. The van der Waals surface area contributed by atoms with E-state index in [0.717, 1.165) is 12.8 Å². The topological polar surface area (TPSA) is 77.2 Å². The molecule has 0 aromatic carbocycles. The van der Waals surface area contributed by atoms with Gasteiger partial charge in [0.15, 0.2) is 0 Å². The van der Waals surface area contributed by atoms with Gasteiger partial charge in [0.1, 0.15) is 5.82 Å². The summed E-state index contributed by atoms with van der Waals surface area (Å²) < 4.78 is 4.68. The molecule has 0 radical (unpaired) electrons. The van der Waals surface area contributed by atoms with E-state index in [1.807, 2.05) is 0 Å². The molecule has 0 aliphatic heterocycles. The maximum Gasteiger partial charge on any atom is 0.340 e. The summed E-state index contributed by atoms with van der Waals surface area (Å²) in [6.45, 7) is 6.30. The minimum absolute atomic E-state index is 0.0781.